The fourth-order valence-electron chi connectivity index (χ4n) is 2.39. The van der Waals surface area contributed by atoms with Gasteiger partial charge < -0.3 is 15.0 Å². The summed E-state index contributed by atoms with van der Waals surface area (Å²) in [6.07, 6.45) is 0. The van der Waals surface area contributed by atoms with Crippen LogP contribution in [0.5, 0.6) is 5.75 Å². The highest BCUT2D eigenvalue weighted by Crippen LogP contribution is 2.27. The number of likely N-dealkylation sites (N-methyl/N-ethyl adjacent to an activating group) is 1. The second-order valence-corrected chi connectivity index (χ2v) is 6.50. The lowest BCUT2D eigenvalue weighted by molar-refractivity contribution is -0.142. The molecule has 0 saturated carbocycles. The van der Waals surface area contributed by atoms with Gasteiger partial charge in [-0.15, -0.1) is 0 Å². The molecule has 0 saturated heterocycles. The molecule has 0 aliphatic heterocycles. The van der Waals surface area contributed by atoms with Crippen molar-refractivity contribution in [1.82, 2.24) is 10.2 Å². The van der Waals surface area contributed by atoms with E-state index in [1.807, 2.05) is 30.3 Å². The maximum atomic E-state index is 12.7. The van der Waals surface area contributed by atoms with Crippen LogP contribution in [0.3, 0.4) is 0 Å². The first-order valence-electron chi connectivity index (χ1n) is 8.05. The van der Waals surface area contributed by atoms with E-state index in [0.29, 0.717) is 22.3 Å². The van der Waals surface area contributed by atoms with Gasteiger partial charge in [0.25, 0.3) is 5.91 Å². The zero-order chi connectivity index (χ0) is 19.1. The van der Waals surface area contributed by atoms with Crippen LogP contribution in [-0.4, -0.2) is 36.4 Å². The third-order valence-corrected chi connectivity index (χ3v) is 4.38. The van der Waals surface area contributed by atoms with E-state index in [1.165, 1.54) is 18.0 Å². The van der Waals surface area contributed by atoms with Gasteiger partial charge in [0, 0.05) is 18.6 Å². The van der Waals surface area contributed by atoms with Gasteiger partial charge in [0.15, 0.2) is 6.61 Å². The number of ether oxygens (including phenoxy) is 1. The molecule has 0 radical (unpaired) electrons. The molecule has 0 aliphatic carbocycles. The normalized spacial score (nSPS) is 11.5. The van der Waals surface area contributed by atoms with E-state index in [1.54, 1.807) is 19.1 Å². The Balaban J connectivity index is 2.12. The zero-order valence-corrected chi connectivity index (χ0v) is 16.1. The Morgan fingerprint density at radius 1 is 1.15 bits per heavy atom. The second-order valence-electron chi connectivity index (χ2n) is 5.66. The Labute approximate surface area is 162 Å². The lowest BCUT2D eigenvalue weighted by atomic mass is 10.1. The standard InChI is InChI=1S/C19H20Cl2N2O3/c1-13(19(25)22-2)23(11-14-6-4-3-5-7-14)18(24)12-26-17-9-8-15(20)10-16(17)21/h3-10,13H,11-12H2,1-2H3,(H,22,25)/t13-/m1/s1. The fraction of sp³-hybridized carbons (Fsp3) is 0.263. The summed E-state index contributed by atoms with van der Waals surface area (Å²) in [7, 11) is 1.54. The van der Waals surface area contributed by atoms with Gasteiger partial charge in [-0.25, -0.2) is 0 Å². The number of nitrogens with one attached hydrogen (secondary N) is 1. The number of carbonyl (C=O) groups excluding carboxylic acids is 2. The zero-order valence-electron chi connectivity index (χ0n) is 14.5. The molecule has 0 bridgehead atoms. The summed E-state index contributed by atoms with van der Waals surface area (Å²) in [5.41, 5.74) is 0.918. The topological polar surface area (TPSA) is 58.6 Å². The van der Waals surface area contributed by atoms with E-state index < -0.39 is 6.04 Å². The Kier molecular flexibility index (Phi) is 7.30. The van der Waals surface area contributed by atoms with E-state index in [9.17, 15) is 9.59 Å². The van der Waals surface area contributed by atoms with Crippen molar-refractivity contribution in [2.45, 2.75) is 19.5 Å². The molecule has 1 N–H and O–H groups in total. The van der Waals surface area contributed by atoms with Crippen molar-refractivity contribution in [2.24, 2.45) is 0 Å². The summed E-state index contributed by atoms with van der Waals surface area (Å²) in [6, 6.07) is 13.6. The quantitative estimate of drug-likeness (QED) is 0.780. The maximum Gasteiger partial charge on any atom is 0.261 e. The highest BCUT2D eigenvalue weighted by atomic mass is 35.5. The molecule has 0 fully saturated rings. The first-order valence-corrected chi connectivity index (χ1v) is 8.80. The van der Waals surface area contributed by atoms with Crippen molar-refractivity contribution in [3.8, 4) is 5.75 Å². The molecule has 138 valence electrons. The van der Waals surface area contributed by atoms with Gasteiger partial charge in [-0.2, -0.15) is 0 Å². The van der Waals surface area contributed by atoms with Crippen LogP contribution in [0.4, 0.5) is 0 Å². The molecule has 1 atom stereocenters. The SMILES string of the molecule is CNC(=O)[C@@H](C)N(Cc1ccccc1)C(=O)COc1ccc(Cl)cc1Cl. The third-order valence-electron chi connectivity index (χ3n) is 3.85. The largest absolute Gasteiger partial charge is 0.482 e. The Hall–Kier alpha value is -2.24. The molecule has 0 spiro atoms. The van der Waals surface area contributed by atoms with Gasteiger partial charge in [-0.05, 0) is 30.7 Å². The molecular weight excluding hydrogens is 375 g/mol. The van der Waals surface area contributed by atoms with Crippen molar-refractivity contribution in [3.63, 3.8) is 0 Å². The van der Waals surface area contributed by atoms with Gasteiger partial charge >= 0.3 is 0 Å². The van der Waals surface area contributed by atoms with Crippen molar-refractivity contribution in [2.75, 3.05) is 13.7 Å². The van der Waals surface area contributed by atoms with Gasteiger partial charge in [-0.3, -0.25) is 9.59 Å². The highest BCUT2D eigenvalue weighted by Gasteiger charge is 2.26. The van der Waals surface area contributed by atoms with E-state index in [-0.39, 0.29) is 18.4 Å². The molecule has 2 rings (SSSR count). The lowest BCUT2D eigenvalue weighted by Gasteiger charge is -2.28. The predicted molar refractivity (Wildman–Crippen MR) is 102 cm³/mol. The molecule has 26 heavy (non-hydrogen) atoms. The number of amides is 2. The molecule has 0 heterocycles. The third kappa shape index (κ3) is 5.38. The van der Waals surface area contributed by atoms with Crippen LogP contribution < -0.4 is 10.1 Å². The average Bonchev–Trinajstić information content (AvgIpc) is 2.64. The summed E-state index contributed by atoms with van der Waals surface area (Å²) in [5.74, 6) is -0.216. The van der Waals surface area contributed by atoms with Crippen molar-refractivity contribution >= 4 is 35.0 Å². The molecule has 2 aromatic rings. The van der Waals surface area contributed by atoms with Crippen LogP contribution in [0.25, 0.3) is 0 Å². The molecule has 0 unspecified atom stereocenters. The minimum absolute atomic E-state index is 0.241. The number of carbonyl (C=O) groups is 2. The number of hydrogen-bond acceptors (Lipinski definition) is 3. The first-order chi connectivity index (χ1) is 12.4. The number of rotatable bonds is 7. The molecule has 5 nitrogen and oxygen atoms in total. The molecule has 0 aliphatic rings. The monoisotopic (exact) mass is 394 g/mol. The smallest absolute Gasteiger partial charge is 0.261 e. The van der Waals surface area contributed by atoms with Crippen LogP contribution in [0.2, 0.25) is 10.0 Å². The summed E-state index contributed by atoms with van der Waals surface area (Å²) in [4.78, 5) is 26.2. The van der Waals surface area contributed by atoms with E-state index in [4.69, 9.17) is 27.9 Å². The van der Waals surface area contributed by atoms with E-state index >= 15 is 0 Å². The number of nitrogens with zero attached hydrogens (tertiary/aromatic N) is 1. The average molecular weight is 395 g/mol. The lowest BCUT2D eigenvalue weighted by Crippen LogP contribution is -2.48. The molecule has 2 aromatic carbocycles. The number of hydrogen-bond donors (Lipinski definition) is 1. The number of halogens is 2. The molecular formula is C19H20Cl2N2O3. The summed E-state index contributed by atoms with van der Waals surface area (Å²) in [5, 5.41) is 3.36. The fourth-order valence-corrected chi connectivity index (χ4v) is 2.85. The first kappa shape index (κ1) is 20.1. The van der Waals surface area contributed by atoms with Crippen molar-refractivity contribution in [3.05, 3.63) is 64.1 Å². The Morgan fingerprint density at radius 3 is 2.46 bits per heavy atom. The van der Waals surface area contributed by atoms with Crippen molar-refractivity contribution in [1.29, 1.82) is 0 Å². The van der Waals surface area contributed by atoms with Gasteiger partial charge in [0.2, 0.25) is 5.91 Å². The Bertz CT molecular complexity index is 769. The molecule has 0 aromatic heterocycles. The van der Waals surface area contributed by atoms with Gasteiger partial charge in [-0.1, -0.05) is 53.5 Å². The maximum absolute atomic E-state index is 12.7. The van der Waals surface area contributed by atoms with Crippen molar-refractivity contribution < 1.29 is 14.3 Å². The van der Waals surface area contributed by atoms with Crippen LogP contribution in [0.1, 0.15) is 12.5 Å². The van der Waals surface area contributed by atoms with E-state index in [2.05, 4.69) is 5.32 Å². The summed E-state index contributed by atoms with van der Waals surface area (Å²) >= 11 is 11.9. The Morgan fingerprint density at radius 2 is 1.85 bits per heavy atom. The molecule has 2 amide bonds. The van der Waals surface area contributed by atoms with Crippen LogP contribution in [0.15, 0.2) is 48.5 Å². The van der Waals surface area contributed by atoms with E-state index in [0.717, 1.165) is 5.56 Å². The van der Waals surface area contributed by atoms with Gasteiger partial charge in [0.05, 0.1) is 5.02 Å². The molecule has 7 heteroatoms. The predicted octanol–water partition coefficient (Wildman–Crippen LogP) is 3.54. The number of benzene rings is 2. The van der Waals surface area contributed by atoms with Crippen LogP contribution in [-0.2, 0) is 16.1 Å². The minimum Gasteiger partial charge on any atom is -0.482 e. The van der Waals surface area contributed by atoms with Crippen LogP contribution in [0, 0.1) is 0 Å². The highest BCUT2D eigenvalue weighted by molar-refractivity contribution is 6.35. The summed E-state index contributed by atoms with van der Waals surface area (Å²) in [6.45, 7) is 1.73. The van der Waals surface area contributed by atoms with Crippen LogP contribution >= 0.6 is 23.2 Å². The second kappa shape index (κ2) is 9.46. The summed E-state index contributed by atoms with van der Waals surface area (Å²) < 4.78 is 5.52. The van der Waals surface area contributed by atoms with Gasteiger partial charge in [0.1, 0.15) is 11.8 Å². The minimum atomic E-state index is -0.642.